The van der Waals surface area contributed by atoms with Gasteiger partial charge in [0.1, 0.15) is 16.3 Å². The first kappa shape index (κ1) is 18.5. The van der Waals surface area contributed by atoms with Gasteiger partial charge >= 0.3 is 0 Å². The Bertz CT molecular complexity index is 1110. The van der Waals surface area contributed by atoms with E-state index < -0.39 is 17.2 Å². The molecule has 0 bridgehead atoms. The molecular weight excluding hydrogens is 426 g/mol. The standard InChI is InChI=1S/C18H13BrF2N2O2S/c1-22(10-4-5-12(20)13(21)8-10)18(26)15-16(24)11-7-9(19)3-6-14(11)23(2)17(15)25/h3-8,24H,1-2H3. The van der Waals surface area contributed by atoms with Gasteiger partial charge in [0.2, 0.25) is 0 Å². The van der Waals surface area contributed by atoms with Crippen molar-refractivity contribution in [2.75, 3.05) is 11.9 Å². The van der Waals surface area contributed by atoms with Crippen LogP contribution >= 0.6 is 28.1 Å². The second-order valence-electron chi connectivity index (χ2n) is 5.71. The quantitative estimate of drug-likeness (QED) is 0.611. The van der Waals surface area contributed by atoms with Crippen LogP contribution < -0.4 is 10.5 Å². The molecule has 0 spiro atoms. The maximum atomic E-state index is 13.5. The van der Waals surface area contributed by atoms with Crippen LogP contribution in [0.4, 0.5) is 14.5 Å². The number of benzene rings is 2. The average Bonchev–Trinajstić information content (AvgIpc) is 2.61. The number of rotatable bonds is 2. The van der Waals surface area contributed by atoms with Crippen molar-refractivity contribution in [3.63, 3.8) is 0 Å². The third-order valence-corrected chi connectivity index (χ3v) is 5.11. The molecule has 0 amide bonds. The van der Waals surface area contributed by atoms with Crippen molar-refractivity contribution in [3.8, 4) is 5.75 Å². The topological polar surface area (TPSA) is 45.5 Å². The van der Waals surface area contributed by atoms with Crippen molar-refractivity contribution in [3.05, 3.63) is 68.4 Å². The zero-order valence-corrected chi connectivity index (χ0v) is 16.2. The lowest BCUT2D eigenvalue weighted by atomic mass is 10.1. The molecule has 8 heteroatoms. The molecule has 1 heterocycles. The van der Waals surface area contributed by atoms with E-state index in [4.69, 9.17) is 12.2 Å². The van der Waals surface area contributed by atoms with Gasteiger partial charge in [0.25, 0.3) is 5.56 Å². The lowest BCUT2D eigenvalue weighted by Gasteiger charge is -2.22. The Kier molecular flexibility index (Phi) is 4.81. The maximum absolute atomic E-state index is 13.5. The number of pyridine rings is 1. The minimum atomic E-state index is -1.03. The number of aryl methyl sites for hydroxylation is 1. The van der Waals surface area contributed by atoms with E-state index >= 15 is 0 Å². The fourth-order valence-corrected chi connectivity index (χ4v) is 3.33. The summed E-state index contributed by atoms with van der Waals surface area (Å²) < 4.78 is 28.8. The Morgan fingerprint density at radius 1 is 1.19 bits per heavy atom. The third-order valence-electron chi connectivity index (χ3n) is 4.14. The van der Waals surface area contributed by atoms with E-state index in [1.165, 1.54) is 22.6 Å². The van der Waals surface area contributed by atoms with Crippen molar-refractivity contribution in [1.29, 1.82) is 0 Å². The number of aromatic nitrogens is 1. The molecule has 0 aliphatic heterocycles. The Morgan fingerprint density at radius 3 is 2.54 bits per heavy atom. The lowest BCUT2D eigenvalue weighted by molar-refractivity contribution is 0.478. The van der Waals surface area contributed by atoms with Crippen LogP contribution in [0, 0.1) is 11.6 Å². The summed E-state index contributed by atoms with van der Waals surface area (Å²) in [5.74, 6) is -2.28. The van der Waals surface area contributed by atoms with Gasteiger partial charge in [-0.05, 0) is 30.3 Å². The van der Waals surface area contributed by atoms with Crippen LogP contribution in [0.3, 0.4) is 0 Å². The number of anilines is 1. The van der Waals surface area contributed by atoms with Crippen molar-refractivity contribution in [1.82, 2.24) is 4.57 Å². The molecule has 26 heavy (non-hydrogen) atoms. The Labute approximate surface area is 161 Å². The summed E-state index contributed by atoms with van der Waals surface area (Å²) in [4.78, 5) is 14.1. The first-order chi connectivity index (χ1) is 12.2. The molecule has 0 aliphatic carbocycles. The molecule has 1 aromatic heterocycles. The number of halogens is 3. The number of hydrogen-bond donors (Lipinski definition) is 1. The number of aromatic hydroxyl groups is 1. The zero-order valence-electron chi connectivity index (χ0n) is 13.8. The number of thiocarbonyl (C=S) groups is 1. The molecule has 0 saturated carbocycles. The monoisotopic (exact) mass is 438 g/mol. The van der Waals surface area contributed by atoms with Crippen LogP contribution in [0.1, 0.15) is 5.56 Å². The van der Waals surface area contributed by atoms with Gasteiger partial charge in [0.15, 0.2) is 11.6 Å². The number of hydrogen-bond acceptors (Lipinski definition) is 3. The van der Waals surface area contributed by atoms with Crippen LogP contribution in [0.2, 0.25) is 0 Å². The molecule has 0 aliphatic rings. The Balaban J connectivity index is 2.19. The highest BCUT2D eigenvalue weighted by Crippen LogP contribution is 2.30. The molecule has 0 fully saturated rings. The summed E-state index contributed by atoms with van der Waals surface area (Å²) in [6.45, 7) is 0. The van der Waals surface area contributed by atoms with Crippen LogP contribution in [-0.4, -0.2) is 21.7 Å². The summed E-state index contributed by atoms with van der Waals surface area (Å²) in [7, 11) is 3.08. The first-order valence-electron chi connectivity index (χ1n) is 7.46. The predicted octanol–water partition coefficient (Wildman–Crippen LogP) is 4.10. The van der Waals surface area contributed by atoms with E-state index in [0.29, 0.717) is 10.9 Å². The molecule has 134 valence electrons. The van der Waals surface area contributed by atoms with Crippen molar-refractivity contribution < 1.29 is 13.9 Å². The minimum absolute atomic E-state index is 0.00372. The van der Waals surface area contributed by atoms with E-state index in [1.54, 1.807) is 25.2 Å². The lowest BCUT2D eigenvalue weighted by Crippen LogP contribution is -2.33. The highest BCUT2D eigenvalue weighted by atomic mass is 79.9. The summed E-state index contributed by atoms with van der Waals surface area (Å²) in [6, 6.07) is 8.41. The van der Waals surface area contributed by atoms with E-state index in [9.17, 15) is 18.7 Å². The van der Waals surface area contributed by atoms with Crippen molar-refractivity contribution >= 4 is 49.7 Å². The molecule has 0 radical (unpaired) electrons. The summed E-state index contributed by atoms with van der Waals surface area (Å²) in [6.07, 6.45) is 0. The van der Waals surface area contributed by atoms with Gasteiger partial charge in [-0.1, -0.05) is 28.1 Å². The van der Waals surface area contributed by atoms with Crippen molar-refractivity contribution in [2.45, 2.75) is 0 Å². The molecule has 4 nitrogen and oxygen atoms in total. The number of fused-ring (bicyclic) bond motifs is 1. The second kappa shape index (κ2) is 6.77. The van der Waals surface area contributed by atoms with E-state index in [2.05, 4.69) is 15.9 Å². The smallest absolute Gasteiger partial charge is 0.264 e. The fraction of sp³-hybridized carbons (Fsp3) is 0.111. The van der Waals surface area contributed by atoms with Crippen LogP contribution in [0.15, 0.2) is 45.7 Å². The normalized spacial score (nSPS) is 11.0. The summed E-state index contributed by atoms with van der Waals surface area (Å²) >= 11 is 8.69. The van der Waals surface area contributed by atoms with Crippen molar-refractivity contribution in [2.24, 2.45) is 7.05 Å². The molecule has 1 N–H and O–H groups in total. The Hall–Kier alpha value is -2.32. The molecule has 2 aromatic carbocycles. The summed E-state index contributed by atoms with van der Waals surface area (Å²) in [5.41, 5.74) is 0.222. The van der Waals surface area contributed by atoms with E-state index in [0.717, 1.165) is 16.6 Å². The zero-order chi connectivity index (χ0) is 19.2. The molecule has 0 atom stereocenters. The van der Waals surface area contributed by atoms with Crippen LogP contribution in [0.25, 0.3) is 10.9 Å². The van der Waals surface area contributed by atoms with Gasteiger partial charge < -0.3 is 14.6 Å². The second-order valence-corrected chi connectivity index (χ2v) is 7.01. The van der Waals surface area contributed by atoms with E-state index in [-0.39, 0.29) is 22.0 Å². The summed E-state index contributed by atoms with van der Waals surface area (Å²) in [5, 5.41) is 11.1. The fourth-order valence-electron chi connectivity index (χ4n) is 2.67. The Morgan fingerprint density at radius 2 is 1.88 bits per heavy atom. The van der Waals surface area contributed by atoms with Crippen LogP contribution in [0.5, 0.6) is 5.75 Å². The first-order valence-corrected chi connectivity index (χ1v) is 8.66. The molecule has 3 rings (SSSR count). The van der Waals surface area contributed by atoms with Gasteiger partial charge in [-0.3, -0.25) is 4.79 Å². The highest BCUT2D eigenvalue weighted by molar-refractivity contribution is 9.10. The number of nitrogens with zero attached hydrogens (tertiary/aromatic N) is 2. The van der Waals surface area contributed by atoms with Crippen LogP contribution in [-0.2, 0) is 7.05 Å². The van der Waals surface area contributed by atoms with Gasteiger partial charge in [-0.25, -0.2) is 8.78 Å². The molecule has 0 unspecified atom stereocenters. The molecular formula is C18H13BrF2N2O2S. The third kappa shape index (κ3) is 2.99. The SMILES string of the molecule is CN(C(=S)c1c(O)c2cc(Br)ccc2n(C)c1=O)c1ccc(F)c(F)c1. The maximum Gasteiger partial charge on any atom is 0.264 e. The van der Waals surface area contributed by atoms with Gasteiger partial charge in [-0.15, -0.1) is 0 Å². The highest BCUT2D eigenvalue weighted by Gasteiger charge is 2.22. The van der Waals surface area contributed by atoms with Gasteiger partial charge in [0, 0.05) is 35.7 Å². The average molecular weight is 439 g/mol. The molecule has 0 saturated heterocycles. The largest absolute Gasteiger partial charge is 0.506 e. The van der Waals surface area contributed by atoms with E-state index in [1.807, 2.05) is 0 Å². The van der Waals surface area contributed by atoms with Gasteiger partial charge in [0.05, 0.1) is 5.52 Å². The predicted molar refractivity (Wildman–Crippen MR) is 105 cm³/mol. The van der Waals surface area contributed by atoms with Gasteiger partial charge in [-0.2, -0.15) is 0 Å². The molecule has 3 aromatic rings. The minimum Gasteiger partial charge on any atom is -0.506 e.